The lowest BCUT2D eigenvalue weighted by atomic mass is 10.2. The second-order valence-corrected chi connectivity index (χ2v) is 3.93. The Bertz CT molecular complexity index is 600. The summed E-state index contributed by atoms with van der Waals surface area (Å²) in [5.74, 6) is -0.544. The first kappa shape index (κ1) is 10.7. The van der Waals surface area contributed by atoms with Crippen LogP contribution >= 0.6 is 0 Å². The molecule has 0 saturated heterocycles. The summed E-state index contributed by atoms with van der Waals surface area (Å²) >= 11 is 0. The fourth-order valence-electron chi connectivity index (χ4n) is 1.98. The minimum absolute atomic E-state index is 0.234. The Labute approximate surface area is 103 Å². The lowest BCUT2D eigenvalue weighted by Gasteiger charge is -2.29. The van der Waals surface area contributed by atoms with Crippen molar-refractivity contribution in [2.24, 2.45) is 0 Å². The molecule has 90 valence electrons. The normalized spacial score (nSPS) is 14.1. The largest absolute Gasteiger partial charge is 0.332 e. The van der Waals surface area contributed by atoms with Crippen LogP contribution in [-0.2, 0) is 6.54 Å². The number of aromatic nitrogens is 1. The van der Waals surface area contributed by atoms with E-state index in [4.69, 9.17) is 0 Å². The van der Waals surface area contributed by atoms with Crippen LogP contribution in [0.4, 0.5) is 20.6 Å². The van der Waals surface area contributed by atoms with Gasteiger partial charge in [0.2, 0.25) is 5.95 Å². The maximum atomic E-state index is 13.1. The zero-order valence-corrected chi connectivity index (χ0v) is 9.43. The molecule has 0 atom stereocenters. The molecule has 2 amide bonds. The fourth-order valence-corrected chi connectivity index (χ4v) is 1.98. The van der Waals surface area contributed by atoms with Gasteiger partial charge in [-0.15, -0.1) is 0 Å². The Morgan fingerprint density at radius 3 is 2.72 bits per heavy atom. The second kappa shape index (κ2) is 4.10. The predicted octanol–water partition coefficient (Wildman–Crippen LogP) is 2.58. The van der Waals surface area contributed by atoms with Crippen molar-refractivity contribution in [1.29, 1.82) is 0 Å². The average Bonchev–Trinajstić information content (AvgIpc) is 2.40. The molecule has 0 saturated carbocycles. The van der Waals surface area contributed by atoms with Gasteiger partial charge in [0.15, 0.2) is 0 Å². The summed E-state index contributed by atoms with van der Waals surface area (Å²) in [4.78, 5) is 17.2. The summed E-state index contributed by atoms with van der Waals surface area (Å²) in [6, 6.07) is 11.8. The molecule has 3 rings (SSSR count). The second-order valence-electron chi connectivity index (χ2n) is 3.93. The van der Waals surface area contributed by atoms with Crippen LogP contribution in [0.15, 0.2) is 42.5 Å². The van der Waals surface area contributed by atoms with Crippen molar-refractivity contribution in [2.45, 2.75) is 6.54 Å². The standard InChI is InChI=1S/C13H10FN3O/c14-12-7-6-11-10(16-12)8-15-13(18)17(11)9-4-2-1-3-5-9/h1-7H,8H2,(H,15,18). The fraction of sp³-hybridized carbons (Fsp3) is 0.0769. The molecular weight excluding hydrogens is 233 g/mol. The van der Waals surface area contributed by atoms with E-state index < -0.39 is 5.95 Å². The highest BCUT2D eigenvalue weighted by molar-refractivity contribution is 6.01. The van der Waals surface area contributed by atoms with Crippen LogP contribution in [-0.4, -0.2) is 11.0 Å². The minimum atomic E-state index is -0.544. The molecule has 2 heterocycles. The molecule has 1 N–H and O–H groups in total. The molecule has 2 aromatic rings. The Morgan fingerprint density at radius 1 is 1.17 bits per heavy atom. The average molecular weight is 243 g/mol. The number of fused-ring (bicyclic) bond motifs is 1. The Hall–Kier alpha value is -2.43. The van der Waals surface area contributed by atoms with Gasteiger partial charge in [0.05, 0.1) is 23.6 Å². The lowest BCUT2D eigenvalue weighted by molar-refractivity contribution is 0.246. The molecular formula is C13H10FN3O. The van der Waals surface area contributed by atoms with Crippen molar-refractivity contribution in [3.63, 3.8) is 0 Å². The third kappa shape index (κ3) is 1.69. The molecule has 4 nitrogen and oxygen atoms in total. The van der Waals surface area contributed by atoms with Gasteiger partial charge in [0.1, 0.15) is 0 Å². The number of rotatable bonds is 1. The van der Waals surface area contributed by atoms with Crippen LogP contribution in [0.3, 0.4) is 0 Å². The van der Waals surface area contributed by atoms with Crippen LogP contribution in [0, 0.1) is 5.95 Å². The topological polar surface area (TPSA) is 45.2 Å². The number of nitrogens with one attached hydrogen (secondary N) is 1. The smallest absolute Gasteiger partial charge is 0.326 e. The van der Waals surface area contributed by atoms with Crippen LogP contribution < -0.4 is 10.2 Å². The van der Waals surface area contributed by atoms with Gasteiger partial charge >= 0.3 is 6.03 Å². The van der Waals surface area contributed by atoms with Gasteiger partial charge in [-0.25, -0.2) is 9.78 Å². The van der Waals surface area contributed by atoms with Gasteiger partial charge in [-0.1, -0.05) is 18.2 Å². The molecule has 1 aromatic carbocycles. The summed E-state index contributed by atoms with van der Waals surface area (Å²) in [6.07, 6.45) is 0. The van der Waals surface area contributed by atoms with Gasteiger partial charge in [-0.2, -0.15) is 4.39 Å². The number of para-hydroxylation sites is 1. The maximum Gasteiger partial charge on any atom is 0.326 e. The van der Waals surface area contributed by atoms with Crippen LogP contribution in [0.2, 0.25) is 0 Å². The number of hydrogen-bond donors (Lipinski definition) is 1. The third-order valence-electron chi connectivity index (χ3n) is 2.78. The van der Waals surface area contributed by atoms with E-state index in [2.05, 4.69) is 10.3 Å². The van der Waals surface area contributed by atoms with Crippen LogP contribution in [0.5, 0.6) is 0 Å². The number of benzene rings is 1. The van der Waals surface area contributed by atoms with Crippen molar-refractivity contribution in [2.75, 3.05) is 4.90 Å². The molecule has 0 bridgehead atoms. The van der Waals surface area contributed by atoms with E-state index >= 15 is 0 Å². The molecule has 1 aliphatic heterocycles. The van der Waals surface area contributed by atoms with E-state index in [0.29, 0.717) is 11.4 Å². The molecule has 18 heavy (non-hydrogen) atoms. The SMILES string of the molecule is O=C1NCc2nc(F)ccc2N1c1ccccc1. The van der Waals surface area contributed by atoms with Gasteiger partial charge in [-0.05, 0) is 24.3 Å². The predicted molar refractivity (Wildman–Crippen MR) is 65.0 cm³/mol. The number of halogens is 1. The monoisotopic (exact) mass is 243 g/mol. The number of amides is 2. The minimum Gasteiger partial charge on any atom is -0.332 e. The number of anilines is 2. The van der Waals surface area contributed by atoms with E-state index in [-0.39, 0.29) is 12.6 Å². The van der Waals surface area contributed by atoms with E-state index in [9.17, 15) is 9.18 Å². The van der Waals surface area contributed by atoms with Gasteiger partial charge in [-0.3, -0.25) is 4.90 Å². The van der Waals surface area contributed by atoms with Gasteiger partial charge in [0.25, 0.3) is 0 Å². The van der Waals surface area contributed by atoms with Crippen molar-refractivity contribution < 1.29 is 9.18 Å². The zero-order chi connectivity index (χ0) is 12.5. The zero-order valence-electron chi connectivity index (χ0n) is 9.43. The molecule has 0 fully saturated rings. The van der Waals surface area contributed by atoms with E-state index in [1.807, 2.05) is 30.3 Å². The highest BCUT2D eigenvalue weighted by Crippen LogP contribution is 2.30. The Balaban J connectivity index is 2.13. The summed E-state index contributed by atoms with van der Waals surface area (Å²) in [5, 5.41) is 2.67. The molecule has 0 unspecified atom stereocenters. The number of nitrogens with zero attached hydrogens (tertiary/aromatic N) is 2. The number of pyridine rings is 1. The highest BCUT2D eigenvalue weighted by Gasteiger charge is 2.26. The van der Waals surface area contributed by atoms with E-state index in [0.717, 1.165) is 5.69 Å². The first-order valence-corrected chi connectivity index (χ1v) is 5.54. The van der Waals surface area contributed by atoms with Crippen LogP contribution in [0.1, 0.15) is 5.69 Å². The third-order valence-corrected chi connectivity index (χ3v) is 2.78. The van der Waals surface area contributed by atoms with Crippen molar-refractivity contribution >= 4 is 17.4 Å². The van der Waals surface area contributed by atoms with Gasteiger partial charge < -0.3 is 5.32 Å². The van der Waals surface area contributed by atoms with Crippen LogP contribution in [0.25, 0.3) is 0 Å². The molecule has 1 aliphatic rings. The maximum absolute atomic E-state index is 13.1. The van der Waals surface area contributed by atoms with E-state index in [1.165, 1.54) is 11.0 Å². The first-order chi connectivity index (χ1) is 8.75. The summed E-state index contributed by atoms with van der Waals surface area (Å²) in [5.41, 5.74) is 1.87. The molecule has 0 aliphatic carbocycles. The molecule has 5 heteroatoms. The number of hydrogen-bond acceptors (Lipinski definition) is 2. The van der Waals surface area contributed by atoms with Crippen molar-refractivity contribution in [3.05, 3.63) is 54.1 Å². The number of urea groups is 1. The van der Waals surface area contributed by atoms with Crippen molar-refractivity contribution in [1.82, 2.24) is 10.3 Å². The first-order valence-electron chi connectivity index (χ1n) is 5.54. The molecule has 0 spiro atoms. The highest BCUT2D eigenvalue weighted by atomic mass is 19.1. The summed E-state index contributed by atoms with van der Waals surface area (Å²) < 4.78 is 13.1. The molecule has 0 radical (unpaired) electrons. The van der Waals surface area contributed by atoms with Gasteiger partial charge in [0, 0.05) is 0 Å². The number of carbonyl (C=O) groups excluding carboxylic acids is 1. The van der Waals surface area contributed by atoms with Crippen molar-refractivity contribution in [3.8, 4) is 0 Å². The summed E-state index contributed by atoms with van der Waals surface area (Å²) in [6.45, 7) is 0.245. The molecule has 1 aromatic heterocycles. The Kier molecular flexibility index (Phi) is 2.44. The Morgan fingerprint density at radius 2 is 1.94 bits per heavy atom. The lowest BCUT2D eigenvalue weighted by Crippen LogP contribution is -2.41. The van der Waals surface area contributed by atoms with E-state index in [1.54, 1.807) is 6.07 Å². The number of carbonyl (C=O) groups is 1. The summed E-state index contributed by atoms with van der Waals surface area (Å²) in [7, 11) is 0. The quantitative estimate of drug-likeness (QED) is 0.782.